The molecule has 8 rings (SSSR count). The summed E-state index contributed by atoms with van der Waals surface area (Å²) < 4.78 is 41.8. The third-order valence-electron chi connectivity index (χ3n) is 22.6. The molecule has 3 heterocycles. The minimum absolute atomic E-state index is 0.0243. The van der Waals surface area contributed by atoms with Gasteiger partial charge in [0.1, 0.15) is 18.5 Å². The molecule has 8 aliphatic rings. The molecule has 5 aliphatic carbocycles. The number of aldehydes is 1. The predicted octanol–water partition coefficient (Wildman–Crippen LogP) is 11.7. The molecule has 3 aliphatic heterocycles. The first kappa shape index (κ1) is 51.7. The van der Waals surface area contributed by atoms with Gasteiger partial charge in [-0.15, -0.1) is 0 Å². The fourth-order valence-corrected chi connectivity index (χ4v) is 17.3. The second kappa shape index (κ2) is 18.1. The van der Waals surface area contributed by atoms with Crippen molar-refractivity contribution in [3.8, 4) is 0 Å². The van der Waals surface area contributed by atoms with Gasteiger partial charge < -0.3 is 38.3 Å². The minimum Gasteiger partial charge on any atom is -0.481 e. The van der Waals surface area contributed by atoms with E-state index in [2.05, 4.69) is 103 Å². The SMILES string of the molecule is CCC1OC(O[C@@H]2C(O[C@H]3CCC4(C)[C@@H](CC[C@@]5(C)[C@H]4CC=C4[C@H]6CC(C)(C)CCC6(C(=O)O)[C@@H](C)C[C@]45C)[C@@]3(C)C=O)OC(C(C)=O)[C@@H](C)[C@@H]2OC2OC[C@@H](C)[C@H](C)[C@@H]2C)[C@@H](C)[C@@H](C)[C@H]1C. The van der Waals surface area contributed by atoms with Gasteiger partial charge in [0.25, 0.3) is 0 Å². The molecule has 24 atom stereocenters. The van der Waals surface area contributed by atoms with Crippen molar-refractivity contribution in [3.63, 3.8) is 0 Å². The number of rotatable bonds is 10. The van der Waals surface area contributed by atoms with Crippen molar-refractivity contribution in [1.82, 2.24) is 0 Å². The Morgan fingerprint density at radius 3 is 2.06 bits per heavy atom. The number of ether oxygens (including phenoxy) is 6. The van der Waals surface area contributed by atoms with Crippen molar-refractivity contribution in [3.05, 3.63) is 11.6 Å². The second-order valence-electron chi connectivity index (χ2n) is 26.3. The summed E-state index contributed by atoms with van der Waals surface area (Å²) in [5.74, 6) is 0.965. The standard InChI is InChI=1S/C57H92O10/c1-17-41-34(6)33(5)36(8)49(63-41)67-47-46(66-48-35(7)32(4)30(2)28-62-48)37(9)45(38(10)59)65-50(47)64-44-21-22-53(13)42(54(44,14)29-58)20-23-55(15)43(53)19-18-39-40-27-52(11,12)24-25-57(40,51(60)61)31(3)26-56(39,55)16/h18,29-37,40-50H,17,19-28H2,1-16H3,(H,60,61)/t30-,31+,32+,33+,34-,35+,36+,37-,40-,41?,42-,43+,44+,45?,46+,47+,48?,49?,50?,53?,54-,55+,56-,57?/m1/s1. The Morgan fingerprint density at radius 2 is 1.42 bits per heavy atom. The van der Waals surface area contributed by atoms with Gasteiger partial charge in [0.2, 0.25) is 0 Å². The van der Waals surface area contributed by atoms with Crippen molar-refractivity contribution < 1.29 is 47.9 Å². The molecule has 7 unspecified atom stereocenters. The van der Waals surface area contributed by atoms with Crippen LogP contribution in [0, 0.1) is 97.6 Å². The molecule has 0 bridgehead atoms. The Balaban J connectivity index is 1.13. The fraction of sp³-hybridized carbons (Fsp3) is 0.912. The van der Waals surface area contributed by atoms with E-state index in [0.717, 1.165) is 57.8 Å². The van der Waals surface area contributed by atoms with E-state index in [1.54, 1.807) is 6.92 Å². The number of carbonyl (C=O) groups is 3. The van der Waals surface area contributed by atoms with E-state index in [-0.39, 0.29) is 69.1 Å². The molecule has 0 aromatic carbocycles. The summed E-state index contributed by atoms with van der Waals surface area (Å²) in [6, 6.07) is 0. The number of allylic oxidation sites excluding steroid dienone is 2. The van der Waals surface area contributed by atoms with Gasteiger partial charge in [-0.25, -0.2) is 0 Å². The number of hydrogen-bond acceptors (Lipinski definition) is 9. The largest absolute Gasteiger partial charge is 0.481 e. The van der Waals surface area contributed by atoms with E-state index < -0.39 is 60.1 Å². The highest BCUT2D eigenvalue weighted by molar-refractivity contribution is 5.81. The summed E-state index contributed by atoms with van der Waals surface area (Å²) >= 11 is 0. The highest BCUT2D eigenvalue weighted by Gasteiger charge is 2.71. The quantitative estimate of drug-likeness (QED) is 0.128. The molecule has 3 saturated heterocycles. The van der Waals surface area contributed by atoms with Crippen LogP contribution in [0.4, 0.5) is 0 Å². The molecule has 1 N–H and O–H groups in total. The summed E-state index contributed by atoms with van der Waals surface area (Å²) in [6.45, 7) is 36.2. The average Bonchev–Trinajstić information content (AvgIpc) is 3.26. The Hall–Kier alpha value is -1.69. The lowest BCUT2D eigenvalue weighted by Crippen LogP contribution is -2.67. The molecule has 380 valence electrons. The first-order valence-corrected chi connectivity index (χ1v) is 27.1. The number of fused-ring (bicyclic) bond motifs is 7. The summed E-state index contributed by atoms with van der Waals surface area (Å²) in [5, 5.41) is 11.1. The number of Topliss-reactive ketones (excluding diaryl/α,β-unsaturated/α-hetero) is 1. The molecular formula is C57H92O10. The normalized spacial score (nSPS) is 54.0. The molecule has 10 heteroatoms. The van der Waals surface area contributed by atoms with E-state index in [1.807, 2.05) is 6.92 Å². The van der Waals surface area contributed by atoms with Crippen LogP contribution in [-0.4, -0.2) is 79.1 Å². The zero-order valence-electron chi connectivity index (χ0n) is 44.5. The van der Waals surface area contributed by atoms with E-state index >= 15 is 0 Å². The Morgan fingerprint density at radius 1 is 0.746 bits per heavy atom. The van der Waals surface area contributed by atoms with E-state index in [4.69, 9.17) is 28.4 Å². The van der Waals surface area contributed by atoms with Crippen molar-refractivity contribution in [2.24, 2.45) is 97.6 Å². The van der Waals surface area contributed by atoms with Crippen LogP contribution in [-0.2, 0) is 42.8 Å². The van der Waals surface area contributed by atoms with Gasteiger partial charge in [0, 0.05) is 17.8 Å². The lowest BCUT2D eigenvalue weighted by Gasteiger charge is -2.71. The molecule has 0 aromatic rings. The Labute approximate surface area is 404 Å². The van der Waals surface area contributed by atoms with Gasteiger partial charge in [-0.2, -0.15) is 0 Å². The summed E-state index contributed by atoms with van der Waals surface area (Å²) in [7, 11) is 0. The number of aliphatic carboxylic acids is 1. The third kappa shape index (κ3) is 7.94. The number of ketones is 1. The zero-order chi connectivity index (χ0) is 49.1. The first-order valence-electron chi connectivity index (χ1n) is 27.1. The van der Waals surface area contributed by atoms with Gasteiger partial charge >= 0.3 is 5.97 Å². The lowest BCUT2D eigenvalue weighted by molar-refractivity contribution is -0.374. The van der Waals surface area contributed by atoms with Gasteiger partial charge in [-0.05, 0) is 140 Å². The summed E-state index contributed by atoms with van der Waals surface area (Å²) in [4.78, 5) is 41.2. The zero-order valence-corrected chi connectivity index (χ0v) is 44.5. The van der Waals surface area contributed by atoms with Crippen LogP contribution in [0.2, 0.25) is 0 Å². The highest BCUT2D eigenvalue weighted by atomic mass is 16.8. The summed E-state index contributed by atoms with van der Waals surface area (Å²) in [6.07, 6.45) is 7.54. The molecule has 0 radical (unpaired) electrons. The monoisotopic (exact) mass is 937 g/mol. The van der Waals surface area contributed by atoms with Crippen molar-refractivity contribution in [1.29, 1.82) is 0 Å². The van der Waals surface area contributed by atoms with Crippen LogP contribution in [0.25, 0.3) is 0 Å². The molecule has 0 spiro atoms. The van der Waals surface area contributed by atoms with Crippen LogP contribution >= 0.6 is 0 Å². The third-order valence-corrected chi connectivity index (χ3v) is 22.6. The predicted molar refractivity (Wildman–Crippen MR) is 258 cm³/mol. The maximum absolute atomic E-state index is 14.1. The van der Waals surface area contributed by atoms with Crippen molar-refractivity contribution in [2.75, 3.05) is 6.61 Å². The van der Waals surface area contributed by atoms with Crippen LogP contribution in [0.3, 0.4) is 0 Å². The lowest BCUT2D eigenvalue weighted by atomic mass is 9.32. The number of hydrogen-bond donors (Lipinski definition) is 1. The van der Waals surface area contributed by atoms with E-state index in [9.17, 15) is 19.5 Å². The average molecular weight is 937 g/mol. The molecule has 67 heavy (non-hydrogen) atoms. The first-order chi connectivity index (χ1) is 31.3. The van der Waals surface area contributed by atoms with Gasteiger partial charge in [0.15, 0.2) is 24.7 Å². The smallest absolute Gasteiger partial charge is 0.310 e. The van der Waals surface area contributed by atoms with Crippen LogP contribution < -0.4 is 0 Å². The molecule has 10 nitrogen and oxygen atoms in total. The Kier molecular flexibility index (Phi) is 14.0. The maximum atomic E-state index is 14.1. The molecule has 7 fully saturated rings. The van der Waals surface area contributed by atoms with E-state index in [0.29, 0.717) is 42.6 Å². The number of carboxylic acids is 1. The second-order valence-corrected chi connectivity index (χ2v) is 26.3. The van der Waals surface area contributed by atoms with Crippen LogP contribution in [0.1, 0.15) is 175 Å². The van der Waals surface area contributed by atoms with Crippen molar-refractivity contribution >= 4 is 18.0 Å². The van der Waals surface area contributed by atoms with Gasteiger partial charge in [-0.1, -0.05) is 116 Å². The molecule has 0 amide bonds. The fourth-order valence-electron chi connectivity index (χ4n) is 17.3. The van der Waals surface area contributed by atoms with Gasteiger partial charge in [0.05, 0.1) is 35.7 Å². The highest BCUT2D eigenvalue weighted by Crippen LogP contribution is 2.76. The van der Waals surface area contributed by atoms with Crippen LogP contribution in [0.5, 0.6) is 0 Å². The number of carboxylic acid groups (broad SMARTS) is 1. The molecule has 0 aromatic heterocycles. The molecule has 4 saturated carbocycles. The van der Waals surface area contributed by atoms with E-state index in [1.165, 1.54) is 11.9 Å². The minimum atomic E-state index is -1.00. The van der Waals surface area contributed by atoms with Gasteiger partial charge in [-0.3, -0.25) is 9.59 Å². The van der Waals surface area contributed by atoms with Crippen LogP contribution in [0.15, 0.2) is 11.6 Å². The summed E-state index contributed by atoms with van der Waals surface area (Å²) in [5.41, 5.74) is -0.490. The topological polar surface area (TPSA) is 127 Å². The number of carbonyl (C=O) groups excluding carboxylic acids is 2. The maximum Gasteiger partial charge on any atom is 0.310 e. The molecular weight excluding hydrogens is 845 g/mol. The van der Waals surface area contributed by atoms with Crippen molar-refractivity contribution in [2.45, 2.75) is 224 Å². The Bertz CT molecular complexity index is 1900.